The van der Waals surface area contributed by atoms with Gasteiger partial charge >= 0.3 is 0 Å². The van der Waals surface area contributed by atoms with Crippen LogP contribution in [0.2, 0.25) is 5.02 Å². The van der Waals surface area contributed by atoms with Gasteiger partial charge in [-0.1, -0.05) is 41.9 Å². The summed E-state index contributed by atoms with van der Waals surface area (Å²) in [6, 6.07) is 14.8. The SMILES string of the molecule is N#C/C(=C\c1cc([N+](=O)[O-])ccc1Cl)C(=O)NCc1ccccc1. The molecule has 0 unspecified atom stereocenters. The van der Waals surface area contributed by atoms with E-state index < -0.39 is 10.8 Å². The molecule has 0 spiro atoms. The Kier molecular flexibility index (Phi) is 5.66. The summed E-state index contributed by atoms with van der Waals surface area (Å²) in [6.45, 7) is 0.265. The highest BCUT2D eigenvalue weighted by Gasteiger charge is 2.13. The van der Waals surface area contributed by atoms with E-state index in [9.17, 15) is 14.9 Å². The molecule has 0 heterocycles. The van der Waals surface area contributed by atoms with Crippen molar-refractivity contribution in [2.45, 2.75) is 6.54 Å². The molecule has 2 aromatic rings. The van der Waals surface area contributed by atoms with Crippen LogP contribution < -0.4 is 5.32 Å². The molecule has 0 bridgehead atoms. The van der Waals surface area contributed by atoms with Crippen LogP contribution in [0.1, 0.15) is 11.1 Å². The number of hydrogen-bond donors (Lipinski definition) is 1. The van der Waals surface area contributed by atoms with Gasteiger partial charge in [-0.2, -0.15) is 5.26 Å². The molecule has 0 aliphatic carbocycles. The molecular formula is C17H12ClN3O3. The van der Waals surface area contributed by atoms with E-state index in [0.717, 1.165) is 5.56 Å². The van der Waals surface area contributed by atoms with Gasteiger partial charge in [-0.25, -0.2) is 0 Å². The monoisotopic (exact) mass is 341 g/mol. The number of rotatable bonds is 5. The molecule has 0 aromatic heterocycles. The Bertz CT molecular complexity index is 842. The quantitative estimate of drug-likeness (QED) is 0.390. The van der Waals surface area contributed by atoms with Gasteiger partial charge in [0.2, 0.25) is 0 Å². The van der Waals surface area contributed by atoms with Crippen molar-refractivity contribution >= 4 is 29.3 Å². The lowest BCUT2D eigenvalue weighted by Crippen LogP contribution is -2.23. The molecule has 2 rings (SSSR count). The van der Waals surface area contributed by atoms with Gasteiger partial charge in [0.15, 0.2) is 0 Å². The van der Waals surface area contributed by atoms with Gasteiger partial charge in [-0.15, -0.1) is 0 Å². The predicted octanol–water partition coefficient (Wildman–Crippen LogP) is 3.47. The van der Waals surface area contributed by atoms with Crippen LogP contribution in [0.15, 0.2) is 54.1 Å². The minimum absolute atomic E-state index is 0.173. The maximum Gasteiger partial charge on any atom is 0.270 e. The first-order valence-corrected chi connectivity index (χ1v) is 7.27. The van der Waals surface area contributed by atoms with E-state index in [2.05, 4.69) is 5.32 Å². The molecular weight excluding hydrogens is 330 g/mol. The van der Waals surface area contributed by atoms with Crippen LogP contribution in [0.3, 0.4) is 0 Å². The molecule has 0 fully saturated rings. The zero-order valence-corrected chi connectivity index (χ0v) is 13.2. The Balaban J connectivity index is 2.20. The number of nitrogens with zero attached hydrogens (tertiary/aromatic N) is 2. The van der Waals surface area contributed by atoms with Crippen molar-refractivity contribution in [3.05, 3.63) is 80.4 Å². The average Bonchev–Trinajstić information content (AvgIpc) is 2.59. The first kappa shape index (κ1) is 17.2. The van der Waals surface area contributed by atoms with Gasteiger partial charge in [0.25, 0.3) is 11.6 Å². The van der Waals surface area contributed by atoms with Crippen molar-refractivity contribution in [1.82, 2.24) is 5.32 Å². The lowest BCUT2D eigenvalue weighted by Gasteiger charge is -2.05. The summed E-state index contributed by atoms with van der Waals surface area (Å²) in [5.41, 5.74) is 0.759. The van der Waals surface area contributed by atoms with Crippen LogP contribution in [0.4, 0.5) is 5.69 Å². The van der Waals surface area contributed by atoms with Crippen LogP contribution in [-0.4, -0.2) is 10.8 Å². The van der Waals surface area contributed by atoms with Gasteiger partial charge in [0.1, 0.15) is 11.6 Å². The lowest BCUT2D eigenvalue weighted by molar-refractivity contribution is -0.384. The number of nitriles is 1. The molecule has 0 aliphatic heterocycles. The summed E-state index contributed by atoms with van der Waals surface area (Å²) in [7, 11) is 0. The number of nitro groups is 1. The number of halogens is 1. The van der Waals surface area contributed by atoms with Crippen molar-refractivity contribution in [1.29, 1.82) is 5.26 Å². The molecule has 2 aromatic carbocycles. The molecule has 6 nitrogen and oxygen atoms in total. The van der Waals surface area contributed by atoms with Gasteiger partial charge in [-0.3, -0.25) is 14.9 Å². The second-order valence-corrected chi connectivity index (χ2v) is 5.21. The number of carbonyl (C=O) groups is 1. The fourth-order valence-corrected chi connectivity index (χ4v) is 2.10. The Morgan fingerprint density at radius 2 is 2.00 bits per heavy atom. The van der Waals surface area contributed by atoms with Gasteiger partial charge in [0.05, 0.1) is 4.92 Å². The van der Waals surface area contributed by atoms with Crippen LogP contribution in [0, 0.1) is 21.4 Å². The van der Waals surface area contributed by atoms with Gasteiger partial charge < -0.3 is 5.32 Å². The van der Waals surface area contributed by atoms with E-state index in [1.165, 1.54) is 24.3 Å². The van der Waals surface area contributed by atoms with Gasteiger partial charge in [0, 0.05) is 29.3 Å². The molecule has 0 atom stereocenters. The summed E-state index contributed by atoms with van der Waals surface area (Å²) in [4.78, 5) is 22.3. The van der Waals surface area contributed by atoms with E-state index in [4.69, 9.17) is 16.9 Å². The van der Waals surface area contributed by atoms with Crippen LogP contribution >= 0.6 is 11.6 Å². The highest BCUT2D eigenvalue weighted by atomic mass is 35.5. The summed E-state index contributed by atoms with van der Waals surface area (Å²) < 4.78 is 0. The molecule has 0 saturated carbocycles. The normalized spacial score (nSPS) is 10.8. The molecule has 0 aliphatic rings. The Morgan fingerprint density at radius 1 is 1.29 bits per heavy atom. The topological polar surface area (TPSA) is 96.0 Å². The van der Waals surface area contributed by atoms with Crippen molar-refractivity contribution in [2.75, 3.05) is 0 Å². The number of non-ortho nitro benzene ring substituents is 1. The number of carbonyl (C=O) groups excluding carboxylic acids is 1. The molecule has 1 N–H and O–H groups in total. The number of nitrogens with one attached hydrogen (secondary N) is 1. The van der Waals surface area contributed by atoms with Crippen LogP contribution in [-0.2, 0) is 11.3 Å². The van der Waals surface area contributed by atoms with E-state index in [0.29, 0.717) is 0 Å². The van der Waals surface area contributed by atoms with Crippen LogP contribution in [0.25, 0.3) is 6.08 Å². The molecule has 1 amide bonds. The first-order valence-electron chi connectivity index (χ1n) is 6.89. The second-order valence-electron chi connectivity index (χ2n) is 4.80. The number of nitro benzene ring substituents is 1. The lowest BCUT2D eigenvalue weighted by atomic mass is 10.1. The van der Waals surface area contributed by atoms with Crippen molar-refractivity contribution < 1.29 is 9.72 Å². The third kappa shape index (κ3) is 4.41. The van der Waals surface area contributed by atoms with Crippen molar-refractivity contribution in [2.24, 2.45) is 0 Å². The minimum Gasteiger partial charge on any atom is -0.347 e. The largest absolute Gasteiger partial charge is 0.347 e. The van der Waals surface area contributed by atoms with E-state index >= 15 is 0 Å². The summed E-state index contributed by atoms with van der Waals surface area (Å²) in [5, 5.41) is 22.8. The third-order valence-corrected chi connectivity index (χ3v) is 3.50. The molecule has 0 radical (unpaired) electrons. The zero-order chi connectivity index (χ0) is 17.5. The van der Waals surface area contributed by atoms with Crippen molar-refractivity contribution in [3.8, 4) is 6.07 Å². The zero-order valence-electron chi connectivity index (χ0n) is 12.4. The second kappa shape index (κ2) is 7.90. The third-order valence-electron chi connectivity index (χ3n) is 3.15. The summed E-state index contributed by atoms with van der Waals surface area (Å²) in [5.74, 6) is -0.580. The highest BCUT2D eigenvalue weighted by Crippen LogP contribution is 2.24. The number of hydrogen-bond acceptors (Lipinski definition) is 4. The first-order chi connectivity index (χ1) is 11.5. The maximum absolute atomic E-state index is 12.1. The minimum atomic E-state index is -0.580. The maximum atomic E-state index is 12.1. The van der Waals surface area contributed by atoms with Crippen molar-refractivity contribution in [3.63, 3.8) is 0 Å². The summed E-state index contributed by atoms with van der Waals surface area (Å²) >= 11 is 5.97. The van der Waals surface area contributed by atoms with Crippen LogP contribution in [0.5, 0.6) is 0 Å². The summed E-state index contributed by atoms with van der Waals surface area (Å²) in [6.07, 6.45) is 1.23. The Hall–Kier alpha value is -3.17. The number of benzene rings is 2. The smallest absolute Gasteiger partial charge is 0.270 e. The van der Waals surface area contributed by atoms with E-state index in [1.807, 2.05) is 30.3 Å². The molecule has 24 heavy (non-hydrogen) atoms. The molecule has 0 saturated heterocycles. The Morgan fingerprint density at radius 3 is 2.62 bits per heavy atom. The molecule has 120 valence electrons. The predicted molar refractivity (Wildman–Crippen MR) is 90.0 cm³/mol. The Labute approximate surface area is 143 Å². The fourth-order valence-electron chi connectivity index (χ4n) is 1.93. The van der Waals surface area contributed by atoms with E-state index in [1.54, 1.807) is 6.07 Å². The van der Waals surface area contributed by atoms with Gasteiger partial charge in [-0.05, 0) is 17.7 Å². The standard InChI is InChI=1S/C17H12ClN3O3/c18-16-7-6-15(21(23)24)9-13(16)8-14(10-19)17(22)20-11-12-4-2-1-3-5-12/h1-9H,11H2,(H,20,22)/b14-8+. The highest BCUT2D eigenvalue weighted by molar-refractivity contribution is 6.32. The molecule has 7 heteroatoms. The average molecular weight is 342 g/mol. The van der Waals surface area contributed by atoms with E-state index in [-0.39, 0.29) is 28.4 Å². The number of amides is 1. The fraction of sp³-hybridized carbons (Fsp3) is 0.0588.